The summed E-state index contributed by atoms with van der Waals surface area (Å²) in [5, 5.41) is 0. The molecule has 5 aromatic carbocycles. The molecule has 0 bridgehead atoms. The molecule has 1 aliphatic heterocycles. The van der Waals surface area contributed by atoms with E-state index < -0.39 is 6.28 Å². The van der Waals surface area contributed by atoms with Gasteiger partial charge in [0.15, 0.2) is 0 Å². The first-order chi connectivity index (χ1) is 18.3. The minimum Gasteiger partial charge on any atom is -0.493 e. The van der Waals surface area contributed by atoms with Crippen LogP contribution < -0.4 is 10.9 Å². The number of hydrogen-bond acceptors (Lipinski definition) is 0. The van der Waals surface area contributed by atoms with Crippen LogP contribution in [0.5, 0.6) is 0 Å². The minimum atomic E-state index is -1.38. The van der Waals surface area contributed by atoms with Gasteiger partial charge in [-0.05, 0) is 0 Å². The predicted molar refractivity (Wildman–Crippen MR) is 158 cm³/mol. The lowest BCUT2D eigenvalue weighted by molar-refractivity contribution is -0.848. The van der Waals surface area contributed by atoms with E-state index in [2.05, 4.69) is 158 Å². The fourth-order valence-electron chi connectivity index (χ4n) is 6.89. The average Bonchev–Trinajstić information content (AvgIpc) is 3.30. The third kappa shape index (κ3) is 4.14. The Hall–Kier alpha value is -4.14. The van der Waals surface area contributed by atoms with Gasteiger partial charge in [0.25, 0.3) is 6.28 Å². The highest BCUT2D eigenvalue weighted by Crippen LogP contribution is 2.42. The van der Waals surface area contributed by atoms with Crippen LogP contribution in [0.1, 0.15) is 16.7 Å². The predicted octanol–water partition coefficient (Wildman–Crippen LogP) is 6.60. The van der Waals surface area contributed by atoms with E-state index >= 15 is 0 Å². The fraction of sp³-hybridized carbons (Fsp3) is 0.0857. The van der Waals surface area contributed by atoms with Gasteiger partial charge in [-0.3, -0.25) is 0 Å². The van der Waals surface area contributed by atoms with E-state index in [1.165, 1.54) is 33.1 Å². The van der Waals surface area contributed by atoms with Gasteiger partial charge in [0.2, 0.25) is 0 Å². The number of benzene rings is 5. The van der Waals surface area contributed by atoms with Crippen molar-refractivity contribution in [3.63, 3.8) is 0 Å². The van der Waals surface area contributed by atoms with Gasteiger partial charge in [0.1, 0.15) is 0 Å². The van der Waals surface area contributed by atoms with E-state index in [0.29, 0.717) is 0 Å². The lowest BCUT2D eigenvalue weighted by Crippen LogP contribution is -2.77. The Bertz CT molecular complexity index is 1380. The highest BCUT2D eigenvalue weighted by Gasteiger charge is 2.54. The highest BCUT2D eigenvalue weighted by molar-refractivity contribution is 7.10. The molecular formula is C35H32BN. The van der Waals surface area contributed by atoms with Crippen LogP contribution in [0.15, 0.2) is 158 Å². The molecular weight excluding hydrogens is 445 g/mol. The van der Waals surface area contributed by atoms with Crippen molar-refractivity contribution in [2.45, 2.75) is 13.1 Å². The summed E-state index contributed by atoms with van der Waals surface area (Å²) < 4.78 is 0.923. The van der Waals surface area contributed by atoms with Crippen LogP contribution in [0, 0.1) is 0 Å². The number of hydrogen-bond donors (Lipinski definition) is 0. The summed E-state index contributed by atoms with van der Waals surface area (Å²) in [7, 11) is 0. The van der Waals surface area contributed by atoms with Crippen LogP contribution in [0.4, 0.5) is 0 Å². The lowest BCUT2D eigenvalue weighted by Gasteiger charge is -2.59. The molecule has 180 valence electrons. The van der Waals surface area contributed by atoms with Crippen LogP contribution in [0.3, 0.4) is 0 Å². The van der Waals surface area contributed by atoms with Gasteiger partial charge in [-0.1, -0.05) is 163 Å². The summed E-state index contributed by atoms with van der Waals surface area (Å²) in [5.74, 6) is 0. The maximum absolute atomic E-state index is 2.54. The first-order valence-electron chi connectivity index (χ1n) is 13.3. The maximum atomic E-state index is 2.54. The Morgan fingerprint density at radius 3 is 1.27 bits per heavy atom. The number of rotatable bonds is 7. The third-order valence-corrected chi connectivity index (χ3v) is 8.30. The fourth-order valence-corrected chi connectivity index (χ4v) is 6.89. The van der Waals surface area contributed by atoms with E-state index in [1.54, 1.807) is 0 Å². The molecule has 0 radical (unpaired) electrons. The molecule has 6 rings (SSSR count). The molecule has 0 amide bonds. The second-order valence-electron chi connectivity index (χ2n) is 10.4. The Morgan fingerprint density at radius 2 is 0.838 bits per heavy atom. The molecule has 0 aromatic heterocycles. The average molecular weight is 477 g/mol. The smallest absolute Gasteiger partial charge is 0.292 e. The molecule has 5 aromatic rings. The molecule has 2 heteroatoms. The SMILES string of the molecule is C1=C(c2ccccc2)[B-](c2ccccc2)(c2ccccc2)[N+](Cc2ccccc2)(Cc2ccccc2)C1. The van der Waals surface area contributed by atoms with Gasteiger partial charge in [0, 0.05) is 11.1 Å². The Balaban J connectivity index is 1.68. The van der Waals surface area contributed by atoms with Crippen LogP contribution in [0.25, 0.3) is 5.47 Å². The summed E-state index contributed by atoms with van der Waals surface area (Å²) in [6, 6.07) is 55.7. The molecule has 0 atom stereocenters. The molecule has 1 aliphatic rings. The summed E-state index contributed by atoms with van der Waals surface area (Å²) in [4.78, 5) is 0. The zero-order chi connectivity index (χ0) is 25.0. The Kier molecular flexibility index (Phi) is 6.34. The van der Waals surface area contributed by atoms with Crippen LogP contribution in [-0.2, 0) is 13.1 Å². The molecule has 0 saturated heterocycles. The van der Waals surface area contributed by atoms with Crippen molar-refractivity contribution >= 4 is 22.7 Å². The van der Waals surface area contributed by atoms with Gasteiger partial charge in [-0.15, -0.1) is 16.4 Å². The first-order valence-corrected chi connectivity index (χ1v) is 13.3. The zero-order valence-corrected chi connectivity index (χ0v) is 21.2. The van der Waals surface area contributed by atoms with E-state index in [1.807, 2.05) is 0 Å². The van der Waals surface area contributed by atoms with E-state index in [0.717, 1.165) is 24.0 Å². The van der Waals surface area contributed by atoms with E-state index in [9.17, 15) is 0 Å². The van der Waals surface area contributed by atoms with Crippen molar-refractivity contribution in [3.05, 3.63) is 174 Å². The molecule has 0 spiro atoms. The first kappa shape index (κ1) is 23.3. The van der Waals surface area contributed by atoms with Gasteiger partial charge < -0.3 is 4.39 Å². The standard InChI is InChI=1S/C35H32BN/c1-6-16-30(17-7-1)28-37(29-31-18-8-2-9-19-31)27-26-35(32-20-10-3-11-21-32)36(37,33-22-12-4-13-23-33)34-24-14-5-15-25-34/h1-26H,27-29H2. The van der Waals surface area contributed by atoms with E-state index in [4.69, 9.17) is 0 Å². The van der Waals surface area contributed by atoms with E-state index in [-0.39, 0.29) is 0 Å². The zero-order valence-electron chi connectivity index (χ0n) is 21.2. The molecule has 37 heavy (non-hydrogen) atoms. The van der Waals surface area contributed by atoms with Crippen LogP contribution in [0.2, 0.25) is 0 Å². The lowest BCUT2D eigenvalue weighted by atomic mass is 9.21. The largest absolute Gasteiger partial charge is 0.493 e. The number of quaternary nitrogens is 1. The number of nitrogens with zero attached hydrogens (tertiary/aromatic N) is 1. The molecule has 0 saturated carbocycles. The molecule has 1 nitrogen and oxygen atoms in total. The summed E-state index contributed by atoms with van der Waals surface area (Å²) in [6.07, 6.45) is 1.16. The Labute approximate surface area is 220 Å². The monoisotopic (exact) mass is 477 g/mol. The summed E-state index contributed by atoms with van der Waals surface area (Å²) in [5.41, 5.74) is 8.31. The second-order valence-corrected chi connectivity index (χ2v) is 10.4. The van der Waals surface area contributed by atoms with Crippen LogP contribution >= 0.6 is 0 Å². The Morgan fingerprint density at radius 1 is 0.459 bits per heavy atom. The molecule has 0 aliphatic carbocycles. The molecule has 0 fully saturated rings. The van der Waals surface area contributed by atoms with Gasteiger partial charge >= 0.3 is 0 Å². The normalized spacial score (nSPS) is 15.7. The molecule has 0 N–H and O–H groups in total. The highest BCUT2D eigenvalue weighted by atomic mass is 15.3. The van der Waals surface area contributed by atoms with Crippen molar-refractivity contribution < 1.29 is 4.39 Å². The van der Waals surface area contributed by atoms with Crippen molar-refractivity contribution in [2.24, 2.45) is 0 Å². The van der Waals surface area contributed by atoms with Crippen molar-refractivity contribution in [1.82, 2.24) is 0 Å². The summed E-state index contributed by atoms with van der Waals surface area (Å²) in [6.45, 7) is 2.87. The quantitative estimate of drug-likeness (QED) is 0.232. The maximum Gasteiger partial charge on any atom is 0.292 e. The van der Waals surface area contributed by atoms with Gasteiger partial charge in [-0.2, -0.15) is 0 Å². The van der Waals surface area contributed by atoms with Crippen molar-refractivity contribution in [1.29, 1.82) is 0 Å². The second kappa shape index (κ2) is 10.1. The van der Waals surface area contributed by atoms with Crippen LogP contribution in [-0.4, -0.2) is 17.2 Å². The van der Waals surface area contributed by atoms with Gasteiger partial charge in [-0.25, -0.2) is 0 Å². The van der Waals surface area contributed by atoms with Crippen molar-refractivity contribution in [2.75, 3.05) is 6.54 Å². The topological polar surface area (TPSA) is 0 Å². The minimum absolute atomic E-state index is 0.923. The van der Waals surface area contributed by atoms with Crippen molar-refractivity contribution in [3.8, 4) is 0 Å². The van der Waals surface area contributed by atoms with Gasteiger partial charge in [0.05, 0.1) is 19.6 Å². The summed E-state index contributed by atoms with van der Waals surface area (Å²) >= 11 is 0. The third-order valence-electron chi connectivity index (χ3n) is 8.30. The molecule has 1 heterocycles. The molecule has 0 unspecified atom stereocenters.